The van der Waals surface area contributed by atoms with Crippen LogP contribution in [-0.2, 0) is 6.54 Å². The Morgan fingerprint density at radius 3 is 3.13 bits per heavy atom. The lowest BCUT2D eigenvalue weighted by Crippen LogP contribution is -2.35. The van der Waals surface area contributed by atoms with Crippen LogP contribution in [0.25, 0.3) is 0 Å². The van der Waals surface area contributed by atoms with Crippen LogP contribution >= 0.6 is 22.9 Å². The smallest absolute Gasteiger partial charge is 0.183 e. The molecule has 0 spiro atoms. The highest BCUT2D eigenvalue weighted by molar-refractivity contribution is 7.15. The van der Waals surface area contributed by atoms with Crippen LogP contribution < -0.4 is 5.32 Å². The third-order valence-corrected chi connectivity index (χ3v) is 3.94. The molecule has 1 aliphatic heterocycles. The van der Waals surface area contributed by atoms with Gasteiger partial charge in [-0.25, -0.2) is 4.98 Å². The molecule has 1 atom stereocenters. The molecule has 0 amide bonds. The molecule has 0 radical (unpaired) electrons. The molecule has 1 saturated heterocycles. The molecule has 0 aliphatic carbocycles. The first kappa shape index (κ1) is 11.3. The summed E-state index contributed by atoms with van der Waals surface area (Å²) in [6.45, 7) is 6.53. The molecule has 5 heteroatoms. The number of hydrogen-bond donors (Lipinski definition) is 1. The molecule has 15 heavy (non-hydrogen) atoms. The van der Waals surface area contributed by atoms with E-state index in [2.05, 4.69) is 22.1 Å². The van der Waals surface area contributed by atoms with Gasteiger partial charge in [0.2, 0.25) is 0 Å². The van der Waals surface area contributed by atoms with Crippen molar-refractivity contribution in [3.05, 3.63) is 15.5 Å². The summed E-state index contributed by atoms with van der Waals surface area (Å²) in [5, 5.41) is 3.40. The predicted molar refractivity (Wildman–Crippen MR) is 64.5 cm³/mol. The molecule has 0 aromatic carbocycles. The summed E-state index contributed by atoms with van der Waals surface area (Å²) < 4.78 is 0.644. The van der Waals surface area contributed by atoms with Crippen molar-refractivity contribution >= 4 is 22.9 Å². The summed E-state index contributed by atoms with van der Waals surface area (Å²) in [7, 11) is 0. The fourth-order valence-corrected chi connectivity index (χ4v) is 3.01. The van der Waals surface area contributed by atoms with Gasteiger partial charge in [-0.15, -0.1) is 11.3 Å². The molecule has 1 aliphatic rings. The molecule has 3 nitrogen and oxygen atoms in total. The van der Waals surface area contributed by atoms with E-state index in [1.165, 1.54) is 11.3 Å². The molecule has 1 aromatic rings. The Morgan fingerprint density at radius 1 is 1.73 bits per heavy atom. The highest BCUT2D eigenvalue weighted by atomic mass is 35.5. The maximum atomic E-state index is 5.82. The highest BCUT2D eigenvalue weighted by Gasteiger charge is 2.21. The maximum Gasteiger partial charge on any atom is 0.183 e. The van der Waals surface area contributed by atoms with E-state index >= 15 is 0 Å². The first-order valence-electron chi connectivity index (χ1n) is 5.34. The number of nitrogens with one attached hydrogen (secondary N) is 1. The lowest BCUT2D eigenvalue weighted by atomic mass is 10.2. The van der Waals surface area contributed by atoms with Crippen LogP contribution in [0.3, 0.4) is 0 Å². The van der Waals surface area contributed by atoms with E-state index in [-0.39, 0.29) is 0 Å². The topological polar surface area (TPSA) is 28.2 Å². The van der Waals surface area contributed by atoms with Crippen molar-refractivity contribution in [2.45, 2.75) is 25.9 Å². The molecule has 1 fully saturated rings. The zero-order valence-electron chi connectivity index (χ0n) is 8.87. The third-order valence-electron chi connectivity index (χ3n) is 2.84. The van der Waals surface area contributed by atoms with Crippen molar-refractivity contribution in [2.75, 3.05) is 19.6 Å². The van der Waals surface area contributed by atoms with Gasteiger partial charge >= 0.3 is 0 Å². The Hall–Kier alpha value is -0.160. The van der Waals surface area contributed by atoms with Gasteiger partial charge in [-0.2, -0.15) is 0 Å². The van der Waals surface area contributed by atoms with E-state index in [0.717, 1.165) is 26.2 Å². The Labute approximate surface area is 99.5 Å². The molecule has 1 aromatic heterocycles. The van der Waals surface area contributed by atoms with E-state index in [9.17, 15) is 0 Å². The number of likely N-dealkylation sites (N-methyl/N-ethyl adjacent to an activating group) is 1. The maximum absolute atomic E-state index is 5.82. The van der Waals surface area contributed by atoms with Crippen molar-refractivity contribution in [3.8, 4) is 0 Å². The van der Waals surface area contributed by atoms with Crippen molar-refractivity contribution in [1.82, 2.24) is 15.2 Å². The summed E-state index contributed by atoms with van der Waals surface area (Å²) in [6, 6.07) is 0.677. The summed E-state index contributed by atoms with van der Waals surface area (Å²) in [4.78, 5) is 7.82. The first-order chi connectivity index (χ1) is 7.29. The van der Waals surface area contributed by atoms with Crippen LogP contribution in [0.4, 0.5) is 0 Å². The monoisotopic (exact) mass is 245 g/mol. The average Bonchev–Trinajstić information content (AvgIpc) is 2.85. The van der Waals surface area contributed by atoms with Gasteiger partial charge in [-0.3, -0.25) is 4.90 Å². The molecule has 0 bridgehead atoms. The van der Waals surface area contributed by atoms with Gasteiger partial charge in [-0.05, 0) is 19.5 Å². The number of aromatic nitrogens is 1. The largest absolute Gasteiger partial charge is 0.315 e. The number of halogens is 1. The zero-order valence-corrected chi connectivity index (χ0v) is 10.4. The number of nitrogens with zero attached hydrogens (tertiary/aromatic N) is 2. The minimum atomic E-state index is 0.644. The summed E-state index contributed by atoms with van der Waals surface area (Å²) >= 11 is 7.41. The number of rotatable bonds is 4. The molecule has 1 N–H and O–H groups in total. The van der Waals surface area contributed by atoms with Gasteiger partial charge in [0.05, 0.1) is 0 Å². The molecule has 1 unspecified atom stereocenters. The van der Waals surface area contributed by atoms with E-state index in [1.54, 1.807) is 11.3 Å². The molecule has 84 valence electrons. The molecule has 0 saturated carbocycles. The van der Waals surface area contributed by atoms with Crippen LogP contribution in [0.1, 0.15) is 18.2 Å². The van der Waals surface area contributed by atoms with E-state index in [1.807, 2.05) is 6.20 Å². The van der Waals surface area contributed by atoms with Gasteiger partial charge in [0, 0.05) is 30.2 Å². The second-order valence-electron chi connectivity index (χ2n) is 3.79. The van der Waals surface area contributed by atoms with Crippen LogP contribution in [-0.4, -0.2) is 35.6 Å². The van der Waals surface area contributed by atoms with Gasteiger partial charge in [0.1, 0.15) is 0 Å². The highest BCUT2D eigenvalue weighted by Crippen LogP contribution is 2.21. The minimum absolute atomic E-state index is 0.644. The Morgan fingerprint density at radius 2 is 2.60 bits per heavy atom. The molecular weight excluding hydrogens is 230 g/mol. The van der Waals surface area contributed by atoms with Crippen LogP contribution in [0.15, 0.2) is 6.20 Å². The molecule has 2 rings (SSSR count). The molecular formula is C10H16ClN3S. The standard InChI is InChI=1S/C10H16ClN3S/c1-2-14(8-3-4-12-5-8)7-9-6-13-10(11)15-9/h6,8,12H,2-5,7H2,1H3. The van der Waals surface area contributed by atoms with Crippen molar-refractivity contribution < 1.29 is 0 Å². The lowest BCUT2D eigenvalue weighted by molar-refractivity contribution is 0.212. The Bertz CT molecular complexity index is 309. The van der Waals surface area contributed by atoms with Crippen molar-refractivity contribution in [2.24, 2.45) is 0 Å². The Kier molecular flexibility index (Phi) is 3.97. The SMILES string of the molecule is CCN(Cc1cnc(Cl)s1)C1CCNC1. The lowest BCUT2D eigenvalue weighted by Gasteiger charge is -2.25. The second kappa shape index (κ2) is 5.25. The number of thiazole rings is 1. The minimum Gasteiger partial charge on any atom is -0.315 e. The van der Waals surface area contributed by atoms with Gasteiger partial charge in [-0.1, -0.05) is 18.5 Å². The summed E-state index contributed by atoms with van der Waals surface area (Å²) in [6.07, 6.45) is 3.14. The fourth-order valence-electron chi connectivity index (χ4n) is 2.01. The molecule has 2 heterocycles. The van der Waals surface area contributed by atoms with E-state index in [0.29, 0.717) is 10.5 Å². The summed E-state index contributed by atoms with van der Waals surface area (Å²) in [5.41, 5.74) is 0. The van der Waals surface area contributed by atoms with Crippen molar-refractivity contribution in [1.29, 1.82) is 0 Å². The number of hydrogen-bond acceptors (Lipinski definition) is 4. The fraction of sp³-hybridized carbons (Fsp3) is 0.700. The van der Waals surface area contributed by atoms with Crippen LogP contribution in [0.5, 0.6) is 0 Å². The zero-order chi connectivity index (χ0) is 10.7. The van der Waals surface area contributed by atoms with Crippen LogP contribution in [0, 0.1) is 0 Å². The predicted octanol–water partition coefficient (Wildman–Crippen LogP) is 1.98. The Balaban J connectivity index is 1.95. The van der Waals surface area contributed by atoms with Crippen LogP contribution in [0.2, 0.25) is 4.47 Å². The second-order valence-corrected chi connectivity index (χ2v) is 5.49. The quantitative estimate of drug-likeness (QED) is 0.879. The van der Waals surface area contributed by atoms with Gasteiger partial charge < -0.3 is 5.32 Å². The van der Waals surface area contributed by atoms with E-state index < -0.39 is 0 Å². The normalized spacial score (nSPS) is 21.4. The third kappa shape index (κ3) is 2.91. The van der Waals surface area contributed by atoms with E-state index in [4.69, 9.17) is 11.6 Å². The van der Waals surface area contributed by atoms with Crippen molar-refractivity contribution in [3.63, 3.8) is 0 Å². The van der Waals surface area contributed by atoms with Gasteiger partial charge in [0.15, 0.2) is 4.47 Å². The van der Waals surface area contributed by atoms with Gasteiger partial charge in [0.25, 0.3) is 0 Å². The summed E-state index contributed by atoms with van der Waals surface area (Å²) in [5.74, 6) is 0. The first-order valence-corrected chi connectivity index (χ1v) is 6.54. The average molecular weight is 246 g/mol.